The van der Waals surface area contributed by atoms with E-state index in [4.69, 9.17) is 16.3 Å². The quantitative estimate of drug-likeness (QED) is 0.333. The molecule has 4 rings (SSSR count). The minimum Gasteiger partial charge on any atom is -0.492 e. The number of nitrogens with zero attached hydrogens (tertiary/aromatic N) is 3. The fraction of sp³-hybridized carbons (Fsp3) is 0.429. The number of benzene rings is 2. The highest BCUT2D eigenvalue weighted by molar-refractivity contribution is 6.31. The zero-order valence-electron chi connectivity index (χ0n) is 20.6. The maximum atomic E-state index is 13.6. The smallest absolute Gasteiger partial charge is 0.256 e. The first kappa shape index (κ1) is 25.1. The average Bonchev–Trinajstić information content (AvgIpc) is 3.21. The summed E-state index contributed by atoms with van der Waals surface area (Å²) in [6, 6.07) is 13.6. The van der Waals surface area contributed by atoms with Gasteiger partial charge in [-0.1, -0.05) is 49.6 Å². The predicted octanol–water partition coefficient (Wildman–Crippen LogP) is 5.81. The highest BCUT2D eigenvalue weighted by Gasteiger charge is 2.26. The Morgan fingerprint density at radius 3 is 2.51 bits per heavy atom. The van der Waals surface area contributed by atoms with E-state index in [2.05, 4.69) is 17.9 Å². The van der Waals surface area contributed by atoms with E-state index < -0.39 is 0 Å². The average molecular weight is 496 g/mol. The van der Waals surface area contributed by atoms with Crippen molar-refractivity contribution in [2.24, 2.45) is 0 Å². The monoisotopic (exact) mass is 495 g/mol. The summed E-state index contributed by atoms with van der Waals surface area (Å²) < 4.78 is 7.68. The van der Waals surface area contributed by atoms with E-state index in [1.807, 2.05) is 52.9 Å². The first-order chi connectivity index (χ1) is 17.0. The molecule has 0 bridgehead atoms. The largest absolute Gasteiger partial charge is 0.492 e. The predicted molar refractivity (Wildman–Crippen MR) is 142 cm³/mol. The molecule has 0 unspecified atom stereocenters. The Hall–Kier alpha value is -2.99. The van der Waals surface area contributed by atoms with Gasteiger partial charge >= 0.3 is 0 Å². The number of ketones is 1. The van der Waals surface area contributed by atoms with Crippen molar-refractivity contribution < 1.29 is 14.3 Å². The topological polar surface area (TPSA) is 54.8 Å². The molecule has 0 saturated carbocycles. The summed E-state index contributed by atoms with van der Waals surface area (Å²) in [6.45, 7) is 7.69. The van der Waals surface area contributed by atoms with Gasteiger partial charge in [-0.25, -0.2) is 0 Å². The molecule has 0 aliphatic carbocycles. The van der Waals surface area contributed by atoms with Crippen molar-refractivity contribution >= 4 is 39.9 Å². The minimum atomic E-state index is -0.00718. The number of unbranched alkanes of at least 4 members (excludes halogenated alkanes) is 2. The minimum absolute atomic E-state index is 0.00718. The molecule has 0 radical (unpaired) electrons. The number of aromatic nitrogens is 1. The number of amides is 1. The number of anilines is 1. The van der Waals surface area contributed by atoms with Gasteiger partial charge in [0.1, 0.15) is 5.75 Å². The molecule has 0 atom stereocenters. The van der Waals surface area contributed by atoms with Crippen LogP contribution < -0.4 is 9.64 Å². The SMILES string of the molecule is CCCCCC(=O)Cn1cc(C(=O)N2CCN(c3ccccc3OCC)CC2)c2ccc(Cl)cc21. The van der Waals surface area contributed by atoms with Gasteiger partial charge in [0, 0.05) is 49.2 Å². The Bertz CT molecular complexity index is 1180. The number of rotatable bonds is 10. The summed E-state index contributed by atoms with van der Waals surface area (Å²) >= 11 is 6.27. The molecule has 6 nitrogen and oxygen atoms in total. The number of hydrogen-bond donors (Lipinski definition) is 0. The van der Waals surface area contributed by atoms with Crippen LogP contribution in [0.25, 0.3) is 10.9 Å². The highest BCUT2D eigenvalue weighted by Crippen LogP contribution is 2.30. The molecule has 3 aromatic rings. The van der Waals surface area contributed by atoms with E-state index in [0.717, 1.165) is 54.7 Å². The van der Waals surface area contributed by atoms with E-state index in [1.54, 1.807) is 6.07 Å². The van der Waals surface area contributed by atoms with Gasteiger partial charge in [0.25, 0.3) is 5.91 Å². The molecule has 1 amide bonds. The second kappa shape index (κ2) is 11.6. The van der Waals surface area contributed by atoms with Crippen molar-refractivity contribution in [3.05, 3.63) is 59.2 Å². The summed E-state index contributed by atoms with van der Waals surface area (Å²) in [4.78, 5) is 30.3. The lowest BCUT2D eigenvalue weighted by molar-refractivity contribution is -0.119. The number of piperazine rings is 1. The summed E-state index contributed by atoms with van der Waals surface area (Å²) in [7, 11) is 0. The highest BCUT2D eigenvalue weighted by atomic mass is 35.5. The van der Waals surface area contributed by atoms with Crippen molar-refractivity contribution in [1.82, 2.24) is 9.47 Å². The van der Waals surface area contributed by atoms with Crippen molar-refractivity contribution in [3.8, 4) is 5.75 Å². The number of halogens is 1. The lowest BCUT2D eigenvalue weighted by Gasteiger charge is -2.36. The van der Waals surface area contributed by atoms with Gasteiger partial charge in [-0.3, -0.25) is 9.59 Å². The van der Waals surface area contributed by atoms with Crippen LogP contribution in [0.3, 0.4) is 0 Å². The van der Waals surface area contributed by atoms with Crippen LogP contribution in [0.1, 0.15) is 49.9 Å². The number of para-hydroxylation sites is 2. The number of ether oxygens (including phenoxy) is 1. The number of carbonyl (C=O) groups is 2. The van der Waals surface area contributed by atoms with Crippen LogP contribution in [0.15, 0.2) is 48.7 Å². The molecule has 7 heteroatoms. The Kier molecular flexibility index (Phi) is 8.34. The lowest BCUT2D eigenvalue weighted by atomic mass is 10.1. The molecule has 2 aromatic carbocycles. The molecule has 35 heavy (non-hydrogen) atoms. The van der Waals surface area contributed by atoms with Crippen LogP contribution in [0.2, 0.25) is 5.02 Å². The summed E-state index contributed by atoms with van der Waals surface area (Å²) in [5.74, 6) is 1.04. The van der Waals surface area contributed by atoms with Gasteiger partial charge in [0.15, 0.2) is 5.78 Å². The third kappa shape index (κ3) is 5.81. The Morgan fingerprint density at radius 2 is 1.77 bits per heavy atom. The van der Waals surface area contributed by atoms with E-state index in [0.29, 0.717) is 36.7 Å². The van der Waals surface area contributed by atoms with Gasteiger partial charge in [0.05, 0.1) is 29.9 Å². The van der Waals surface area contributed by atoms with Crippen LogP contribution in [0.4, 0.5) is 5.69 Å². The second-order valence-corrected chi connectivity index (χ2v) is 9.44. The summed E-state index contributed by atoms with van der Waals surface area (Å²) in [5.41, 5.74) is 2.52. The first-order valence-electron chi connectivity index (χ1n) is 12.6. The molecule has 1 saturated heterocycles. The third-order valence-electron chi connectivity index (χ3n) is 6.55. The van der Waals surface area contributed by atoms with E-state index >= 15 is 0 Å². The van der Waals surface area contributed by atoms with Crippen molar-refractivity contribution in [2.45, 2.75) is 46.1 Å². The van der Waals surface area contributed by atoms with Crippen LogP contribution in [-0.2, 0) is 11.3 Å². The molecule has 1 fully saturated rings. The normalized spacial score (nSPS) is 13.9. The Morgan fingerprint density at radius 1 is 1.00 bits per heavy atom. The first-order valence-corrected chi connectivity index (χ1v) is 13.0. The number of Topliss-reactive ketones (excluding diaryl/α,β-unsaturated/α-hetero) is 1. The Labute approximate surface area is 212 Å². The second-order valence-electron chi connectivity index (χ2n) is 9.01. The standard InChI is InChI=1S/C28H34ClN3O3/c1-3-5-6-9-22(33)19-32-20-24(23-13-12-21(29)18-26(23)32)28(34)31-16-14-30(15-17-31)25-10-7-8-11-27(25)35-4-2/h7-8,10-13,18,20H,3-6,9,14-17,19H2,1-2H3. The molecular weight excluding hydrogens is 462 g/mol. The van der Waals surface area contributed by atoms with Crippen molar-refractivity contribution in [2.75, 3.05) is 37.7 Å². The zero-order valence-corrected chi connectivity index (χ0v) is 21.4. The van der Waals surface area contributed by atoms with Gasteiger partial charge in [-0.2, -0.15) is 0 Å². The van der Waals surface area contributed by atoms with Crippen molar-refractivity contribution in [1.29, 1.82) is 0 Å². The van der Waals surface area contributed by atoms with Crippen LogP contribution in [0, 0.1) is 0 Å². The molecule has 0 spiro atoms. The van der Waals surface area contributed by atoms with E-state index in [-0.39, 0.29) is 18.2 Å². The van der Waals surface area contributed by atoms with Gasteiger partial charge in [-0.15, -0.1) is 0 Å². The van der Waals surface area contributed by atoms with Crippen LogP contribution >= 0.6 is 11.6 Å². The van der Waals surface area contributed by atoms with Gasteiger partial charge in [-0.05, 0) is 37.6 Å². The van der Waals surface area contributed by atoms with Crippen LogP contribution in [0.5, 0.6) is 5.75 Å². The van der Waals surface area contributed by atoms with Crippen molar-refractivity contribution in [3.63, 3.8) is 0 Å². The maximum Gasteiger partial charge on any atom is 0.256 e. The fourth-order valence-corrected chi connectivity index (χ4v) is 4.89. The molecule has 0 N–H and O–H groups in total. The number of hydrogen-bond acceptors (Lipinski definition) is 4. The molecule has 186 valence electrons. The number of fused-ring (bicyclic) bond motifs is 1. The van der Waals surface area contributed by atoms with Gasteiger partial charge in [0.2, 0.25) is 0 Å². The number of carbonyl (C=O) groups excluding carboxylic acids is 2. The molecule has 1 aliphatic heterocycles. The molecule has 1 aliphatic rings. The maximum absolute atomic E-state index is 13.6. The van der Waals surface area contributed by atoms with Crippen LogP contribution in [-0.4, -0.2) is 53.9 Å². The van der Waals surface area contributed by atoms with E-state index in [9.17, 15) is 9.59 Å². The summed E-state index contributed by atoms with van der Waals surface area (Å²) in [5, 5.41) is 1.43. The molecular formula is C28H34ClN3O3. The molecule has 1 aromatic heterocycles. The zero-order chi connectivity index (χ0) is 24.8. The van der Waals surface area contributed by atoms with Gasteiger partial charge < -0.3 is 19.1 Å². The van der Waals surface area contributed by atoms with E-state index in [1.165, 1.54) is 0 Å². The molecule has 2 heterocycles. The summed E-state index contributed by atoms with van der Waals surface area (Å²) in [6.07, 6.45) is 5.42. The third-order valence-corrected chi connectivity index (χ3v) is 6.79. The fourth-order valence-electron chi connectivity index (χ4n) is 4.72. The Balaban J connectivity index is 1.50. The lowest BCUT2D eigenvalue weighted by Crippen LogP contribution is -2.48.